The van der Waals surface area contributed by atoms with E-state index in [0.29, 0.717) is 0 Å². The maximum Gasteiger partial charge on any atom is 0.00283 e. The van der Waals surface area contributed by atoms with Crippen LogP contribution in [0.3, 0.4) is 0 Å². The third kappa shape index (κ3) is 6.57. The highest BCUT2D eigenvalue weighted by Gasteiger charge is 1.79. The predicted molar refractivity (Wildman–Crippen MR) is 42.4 cm³/mol. The largest absolute Gasteiger partial charge is 0.162 e. The van der Waals surface area contributed by atoms with Gasteiger partial charge in [0.2, 0.25) is 0 Å². The molecule has 44 valence electrons. The second-order valence-corrected chi connectivity index (χ2v) is 3.94. The van der Waals surface area contributed by atoms with Crippen LogP contribution in [0.5, 0.6) is 0 Å². The van der Waals surface area contributed by atoms with E-state index in [9.17, 15) is 0 Å². The third-order valence-corrected chi connectivity index (χ3v) is 2.54. The molecule has 0 atom stereocenters. The predicted octanol–water partition coefficient (Wildman–Crippen LogP) is 0.913. The van der Waals surface area contributed by atoms with Crippen LogP contribution in [-0.4, -0.2) is 21.7 Å². The maximum absolute atomic E-state index is 2.22. The molecule has 0 spiro atoms. The van der Waals surface area contributed by atoms with E-state index < -0.39 is 0 Å². The Kier molecular flexibility index (Phi) is 7.10. The zero-order chi connectivity index (χ0) is 5.54. The fourth-order valence-corrected chi connectivity index (χ4v) is 2.04. The van der Waals surface area contributed by atoms with E-state index in [-0.39, 0.29) is 0 Å². The quantitative estimate of drug-likeness (QED) is 0.407. The summed E-state index contributed by atoms with van der Waals surface area (Å²) in [5.74, 6) is 2.68. The lowest BCUT2D eigenvalue weighted by Gasteiger charge is -1.91. The Morgan fingerprint density at radius 3 is 2.71 bits per heavy atom. The van der Waals surface area contributed by atoms with Crippen molar-refractivity contribution in [1.29, 1.82) is 0 Å². The minimum absolute atomic E-state index is 1.29. The number of hydrogen-bond acceptors (Lipinski definition) is 1. The standard InChI is InChI=1S/C5H14SSi/c1-2-6-4-3-5-7/h2-5H2,1,7H3. The molecule has 0 aliphatic carbocycles. The van der Waals surface area contributed by atoms with Crippen LogP contribution in [-0.2, 0) is 0 Å². The molecule has 0 aliphatic heterocycles. The first kappa shape index (κ1) is 7.57. The van der Waals surface area contributed by atoms with Crippen molar-refractivity contribution in [2.75, 3.05) is 11.5 Å². The minimum atomic E-state index is 1.29. The van der Waals surface area contributed by atoms with Gasteiger partial charge in [0.05, 0.1) is 0 Å². The summed E-state index contributed by atoms with van der Waals surface area (Å²) in [5.41, 5.74) is 0. The van der Waals surface area contributed by atoms with Gasteiger partial charge in [-0.15, -0.1) is 0 Å². The van der Waals surface area contributed by atoms with Crippen molar-refractivity contribution in [3.05, 3.63) is 0 Å². The normalized spacial score (nSPS) is 9.86. The minimum Gasteiger partial charge on any atom is -0.162 e. The van der Waals surface area contributed by atoms with Gasteiger partial charge in [0.25, 0.3) is 0 Å². The zero-order valence-corrected chi connectivity index (χ0v) is 8.05. The van der Waals surface area contributed by atoms with Gasteiger partial charge in [-0.3, -0.25) is 0 Å². The first-order valence-corrected chi connectivity index (χ1v) is 5.56. The molecule has 0 radical (unpaired) electrons. The maximum atomic E-state index is 2.22. The molecule has 0 N–H and O–H groups in total. The Morgan fingerprint density at radius 2 is 2.29 bits per heavy atom. The lowest BCUT2D eigenvalue weighted by atomic mass is 10.6. The highest BCUT2D eigenvalue weighted by molar-refractivity contribution is 7.99. The molecular weight excluding hydrogens is 120 g/mol. The average molecular weight is 134 g/mol. The van der Waals surface area contributed by atoms with Crippen LogP contribution in [0.25, 0.3) is 0 Å². The van der Waals surface area contributed by atoms with Gasteiger partial charge in [0, 0.05) is 10.2 Å². The monoisotopic (exact) mass is 134 g/mol. The molecule has 0 fully saturated rings. The second-order valence-electron chi connectivity index (χ2n) is 1.55. The van der Waals surface area contributed by atoms with Crippen molar-refractivity contribution in [2.24, 2.45) is 0 Å². The van der Waals surface area contributed by atoms with E-state index >= 15 is 0 Å². The van der Waals surface area contributed by atoms with Crippen molar-refractivity contribution in [3.63, 3.8) is 0 Å². The summed E-state index contributed by atoms with van der Waals surface area (Å²) in [6, 6.07) is 1.48. The fraction of sp³-hybridized carbons (Fsp3) is 1.00. The summed E-state index contributed by atoms with van der Waals surface area (Å²) < 4.78 is 0. The van der Waals surface area contributed by atoms with Gasteiger partial charge in [0.1, 0.15) is 0 Å². The molecular formula is C5H14SSi. The summed E-state index contributed by atoms with van der Waals surface area (Å²) >= 11 is 2.05. The molecule has 0 heterocycles. The number of rotatable bonds is 4. The first-order valence-electron chi connectivity index (χ1n) is 2.99. The van der Waals surface area contributed by atoms with Crippen molar-refractivity contribution < 1.29 is 0 Å². The van der Waals surface area contributed by atoms with Gasteiger partial charge in [0.15, 0.2) is 0 Å². The van der Waals surface area contributed by atoms with Crippen molar-refractivity contribution in [3.8, 4) is 0 Å². The number of thioether (sulfide) groups is 1. The highest BCUT2D eigenvalue weighted by Crippen LogP contribution is 2.01. The molecule has 0 nitrogen and oxygen atoms in total. The van der Waals surface area contributed by atoms with Gasteiger partial charge >= 0.3 is 0 Å². The zero-order valence-electron chi connectivity index (χ0n) is 5.24. The molecule has 0 amide bonds. The van der Waals surface area contributed by atoms with E-state index in [0.717, 1.165) is 0 Å². The van der Waals surface area contributed by atoms with Gasteiger partial charge in [-0.25, -0.2) is 0 Å². The molecule has 0 aromatic rings. The lowest BCUT2D eigenvalue weighted by molar-refractivity contribution is 1.10. The lowest BCUT2D eigenvalue weighted by Crippen LogP contribution is -1.77. The van der Waals surface area contributed by atoms with Gasteiger partial charge in [-0.2, -0.15) is 11.8 Å². The molecule has 0 unspecified atom stereocenters. The fourth-order valence-electron chi connectivity index (χ4n) is 0.391. The summed E-state index contributed by atoms with van der Waals surface area (Å²) in [7, 11) is 1.39. The van der Waals surface area contributed by atoms with Crippen LogP contribution in [0.1, 0.15) is 13.3 Å². The topological polar surface area (TPSA) is 0 Å². The van der Waals surface area contributed by atoms with Crippen molar-refractivity contribution in [2.45, 2.75) is 19.4 Å². The van der Waals surface area contributed by atoms with Gasteiger partial charge in [-0.1, -0.05) is 13.0 Å². The summed E-state index contributed by atoms with van der Waals surface area (Å²) in [4.78, 5) is 0. The van der Waals surface area contributed by atoms with Crippen molar-refractivity contribution >= 4 is 22.0 Å². The van der Waals surface area contributed by atoms with Gasteiger partial charge in [-0.05, 0) is 17.9 Å². The van der Waals surface area contributed by atoms with E-state index in [1.165, 1.54) is 34.2 Å². The SMILES string of the molecule is CCSCCC[SiH3]. The van der Waals surface area contributed by atoms with E-state index in [1.54, 1.807) is 0 Å². The Bertz CT molecular complexity index is 27.3. The number of hydrogen-bond donors (Lipinski definition) is 0. The Morgan fingerprint density at radius 1 is 1.57 bits per heavy atom. The van der Waals surface area contributed by atoms with Crippen LogP contribution in [0, 0.1) is 0 Å². The van der Waals surface area contributed by atoms with Crippen molar-refractivity contribution in [1.82, 2.24) is 0 Å². The Labute approximate surface area is 53.5 Å². The van der Waals surface area contributed by atoms with Gasteiger partial charge < -0.3 is 0 Å². The molecule has 0 aliphatic rings. The molecule has 2 heteroatoms. The average Bonchev–Trinajstić information content (AvgIpc) is 1.69. The van der Waals surface area contributed by atoms with Crippen LogP contribution < -0.4 is 0 Å². The van der Waals surface area contributed by atoms with Crippen LogP contribution in [0.2, 0.25) is 6.04 Å². The van der Waals surface area contributed by atoms with Crippen LogP contribution in [0.15, 0.2) is 0 Å². The smallest absolute Gasteiger partial charge is 0.00283 e. The summed E-state index contributed by atoms with van der Waals surface area (Å²) in [5, 5.41) is 0. The third-order valence-electron chi connectivity index (χ3n) is 0.846. The molecule has 0 bridgehead atoms. The molecule has 0 saturated heterocycles. The highest BCUT2D eigenvalue weighted by atomic mass is 32.2. The summed E-state index contributed by atoms with van der Waals surface area (Å²) in [6.07, 6.45) is 1.45. The Balaban J connectivity index is 2.45. The van der Waals surface area contributed by atoms with Crippen LogP contribution in [0.4, 0.5) is 0 Å². The molecule has 0 aromatic heterocycles. The van der Waals surface area contributed by atoms with E-state index in [2.05, 4.69) is 18.7 Å². The molecule has 0 saturated carbocycles. The van der Waals surface area contributed by atoms with Crippen LogP contribution >= 0.6 is 11.8 Å². The molecule has 0 rings (SSSR count). The van der Waals surface area contributed by atoms with E-state index in [1.807, 2.05) is 0 Å². The second kappa shape index (κ2) is 6.57. The Hall–Kier alpha value is 0.567. The summed E-state index contributed by atoms with van der Waals surface area (Å²) in [6.45, 7) is 2.22. The molecule has 0 aromatic carbocycles. The molecule has 7 heavy (non-hydrogen) atoms. The first-order chi connectivity index (χ1) is 3.41. The van der Waals surface area contributed by atoms with E-state index in [4.69, 9.17) is 0 Å².